The Bertz CT molecular complexity index is 1300. The number of benzene rings is 1. The molecule has 1 aromatic carbocycles. The number of anilines is 2. The molecular formula is C26H31N5O2. The average molecular weight is 446 g/mol. The first kappa shape index (κ1) is 20.9. The number of nitrogens with two attached hydrogens (primary N) is 1. The summed E-state index contributed by atoms with van der Waals surface area (Å²) in [5.41, 5.74) is 8.50. The highest BCUT2D eigenvalue weighted by atomic mass is 16.3. The summed E-state index contributed by atoms with van der Waals surface area (Å²) in [5, 5.41) is 3.57. The van der Waals surface area contributed by atoms with Crippen LogP contribution in [0.3, 0.4) is 0 Å². The van der Waals surface area contributed by atoms with Crippen LogP contribution in [0.25, 0.3) is 11.3 Å². The first-order valence-electron chi connectivity index (χ1n) is 11.0. The highest BCUT2D eigenvalue weighted by Crippen LogP contribution is 2.30. The average Bonchev–Trinajstić information content (AvgIpc) is 3.30. The molecule has 33 heavy (non-hydrogen) atoms. The smallest absolute Gasteiger partial charge is 0.215 e. The predicted molar refractivity (Wildman–Crippen MR) is 134 cm³/mol. The van der Waals surface area contributed by atoms with Crippen molar-refractivity contribution in [2.45, 2.75) is 13.0 Å². The van der Waals surface area contributed by atoms with Crippen LogP contribution in [0.4, 0.5) is 11.6 Å². The van der Waals surface area contributed by atoms with Crippen LogP contribution in [0.15, 0.2) is 77.3 Å². The number of ketones is 1. The summed E-state index contributed by atoms with van der Waals surface area (Å²) < 4.78 is 5.82. The highest BCUT2D eigenvalue weighted by molar-refractivity contribution is 6.13. The fraction of sp³-hybridized carbons (Fsp3) is 0.192. The predicted octanol–water partition coefficient (Wildman–Crippen LogP) is 4.75. The molecule has 0 amide bonds. The van der Waals surface area contributed by atoms with Gasteiger partial charge in [-0.15, -0.1) is 0 Å². The van der Waals surface area contributed by atoms with E-state index in [4.69, 9.17) is 15.1 Å². The molecule has 0 aliphatic carbocycles. The van der Waals surface area contributed by atoms with Crippen molar-refractivity contribution in [2.24, 2.45) is 0 Å². The number of hydrogen-bond acceptors (Lipinski definition) is 7. The summed E-state index contributed by atoms with van der Waals surface area (Å²) in [6.45, 7) is 4.23. The largest absolute Gasteiger partial charge is 0.461 e. The first-order valence-corrected chi connectivity index (χ1v) is 11.0. The van der Waals surface area contributed by atoms with Gasteiger partial charge in [0.15, 0.2) is 0 Å². The minimum Gasteiger partial charge on any atom is -0.461 e. The number of nitrogens with zero attached hydrogens (tertiary/aromatic N) is 3. The maximum atomic E-state index is 13.5. The zero-order valence-corrected chi connectivity index (χ0v) is 18.4. The Kier molecular flexibility index (Phi) is 5.62. The standard InChI is InChI=1S/C26H25N5O2.3H2/c1-17-9-11-22(33-17)19-10-12-23(30-24(19)25(32)20-8-5-13-29-26(20)27)31-15-14-28-21(16-31)18-6-3-2-4-7-18;;;/h2-13,21,28H,14-16H2,1H3,(H2,27,29);3*1H. The molecule has 1 fully saturated rings. The van der Waals surface area contributed by atoms with Crippen molar-refractivity contribution in [1.29, 1.82) is 0 Å². The summed E-state index contributed by atoms with van der Waals surface area (Å²) in [6, 6.07) is 21.5. The van der Waals surface area contributed by atoms with Crippen LogP contribution in [0.1, 0.15) is 37.7 Å². The summed E-state index contributed by atoms with van der Waals surface area (Å²) >= 11 is 0. The van der Waals surface area contributed by atoms with Crippen molar-refractivity contribution in [3.63, 3.8) is 0 Å². The summed E-state index contributed by atoms with van der Waals surface area (Å²) in [5.74, 6) is 2.01. The molecule has 4 heterocycles. The maximum Gasteiger partial charge on any atom is 0.215 e. The van der Waals surface area contributed by atoms with Gasteiger partial charge in [0.25, 0.3) is 0 Å². The molecule has 1 unspecified atom stereocenters. The van der Waals surface area contributed by atoms with Gasteiger partial charge in [0, 0.05) is 41.7 Å². The van der Waals surface area contributed by atoms with Crippen molar-refractivity contribution in [1.82, 2.24) is 15.3 Å². The number of nitrogen functional groups attached to an aromatic ring is 1. The molecule has 3 aromatic heterocycles. The van der Waals surface area contributed by atoms with Gasteiger partial charge < -0.3 is 20.4 Å². The van der Waals surface area contributed by atoms with Crippen LogP contribution in [0.2, 0.25) is 0 Å². The number of furan rings is 1. The van der Waals surface area contributed by atoms with E-state index < -0.39 is 0 Å². The van der Waals surface area contributed by atoms with Crippen molar-refractivity contribution in [3.8, 4) is 11.3 Å². The molecule has 3 N–H and O–H groups in total. The Balaban J connectivity index is 0.00000152. The van der Waals surface area contributed by atoms with Crippen molar-refractivity contribution in [2.75, 3.05) is 30.3 Å². The van der Waals surface area contributed by atoms with Gasteiger partial charge in [-0.25, -0.2) is 9.97 Å². The number of carbonyl (C=O) groups excluding carboxylic acids is 1. The van der Waals surface area contributed by atoms with Gasteiger partial charge in [-0.2, -0.15) is 0 Å². The molecule has 7 heteroatoms. The zero-order chi connectivity index (χ0) is 22.8. The van der Waals surface area contributed by atoms with Gasteiger partial charge in [0.05, 0.1) is 5.56 Å². The second kappa shape index (κ2) is 8.88. The summed E-state index contributed by atoms with van der Waals surface area (Å²) in [4.78, 5) is 24.6. The van der Waals surface area contributed by atoms with Gasteiger partial charge in [-0.3, -0.25) is 4.79 Å². The number of piperazine rings is 1. The lowest BCUT2D eigenvalue weighted by atomic mass is 10.0. The molecule has 0 saturated carbocycles. The van der Waals surface area contributed by atoms with Crippen LogP contribution in [-0.2, 0) is 0 Å². The molecule has 0 bridgehead atoms. The van der Waals surface area contributed by atoms with Crippen LogP contribution >= 0.6 is 0 Å². The third-order valence-electron chi connectivity index (χ3n) is 5.89. The Morgan fingerprint density at radius 1 is 1.12 bits per heavy atom. The molecule has 1 atom stereocenters. The second-order valence-electron chi connectivity index (χ2n) is 8.10. The molecule has 1 aliphatic heterocycles. The minimum atomic E-state index is -0.277. The maximum absolute atomic E-state index is 13.5. The van der Waals surface area contributed by atoms with Gasteiger partial charge in [-0.05, 0) is 48.9 Å². The van der Waals surface area contributed by atoms with Gasteiger partial charge >= 0.3 is 0 Å². The van der Waals surface area contributed by atoms with E-state index in [1.807, 2.05) is 49.4 Å². The number of carbonyl (C=O) groups is 1. The molecule has 0 radical (unpaired) electrons. The number of nitrogens with one attached hydrogen (secondary N) is 1. The summed E-state index contributed by atoms with van der Waals surface area (Å²) in [7, 11) is 0. The lowest BCUT2D eigenvalue weighted by Gasteiger charge is -2.35. The van der Waals surface area contributed by atoms with E-state index in [-0.39, 0.29) is 21.9 Å². The van der Waals surface area contributed by atoms with E-state index in [1.165, 1.54) is 5.56 Å². The second-order valence-corrected chi connectivity index (χ2v) is 8.10. The molecule has 1 saturated heterocycles. The molecular weight excluding hydrogens is 414 g/mol. The van der Waals surface area contributed by atoms with E-state index in [2.05, 4.69) is 27.3 Å². The van der Waals surface area contributed by atoms with Crippen molar-refractivity contribution in [3.05, 3.63) is 95.5 Å². The zero-order valence-electron chi connectivity index (χ0n) is 18.4. The normalized spacial score (nSPS) is 16.0. The Hall–Kier alpha value is -3.97. The monoisotopic (exact) mass is 445 g/mol. The number of aromatic nitrogens is 2. The van der Waals surface area contributed by atoms with Crippen LogP contribution in [0, 0.1) is 6.92 Å². The Morgan fingerprint density at radius 3 is 2.73 bits per heavy atom. The van der Waals surface area contributed by atoms with E-state index >= 15 is 0 Å². The lowest BCUT2D eigenvalue weighted by molar-refractivity contribution is 0.103. The topological polar surface area (TPSA) is 97.3 Å². The van der Waals surface area contributed by atoms with Gasteiger partial charge in [-0.1, -0.05) is 30.3 Å². The Labute approximate surface area is 196 Å². The quantitative estimate of drug-likeness (QED) is 0.428. The molecule has 1 aliphatic rings. The summed E-state index contributed by atoms with van der Waals surface area (Å²) in [6.07, 6.45) is 1.57. The van der Waals surface area contributed by atoms with Crippen LogP contribution < -0.4 is 16.0 Å². The number of pyridine rings is 2. The third-order valence-corrected chi connectivity index (χ3v) is 5.89. The highest BCUT2D eigenvalue weighted by Gasteiger charge is 2.25. The Morgan fingerprint density at radius 2 is 1.97 bits per heavy atom. The van der Waals surface area contributed by atoms with E-state index in [0.717, 1.165) is 31.2 Å². The third kappa shape index (κ3) is 4.23. The molecule has 7 nitrogen and oxygen atoms in total. The molecule has 172 valence electrons. The van der Waals surface area contributed by atoms with E-state index in [1.54, 1.807) is 18.3 Å². The number of aryl methyl sites for hydroxylation is 1. The first-order chi connectivity index (χ1) is 16.1. The number of hydrogen-bond donors (Lipinski definition) is 2. The molecule has 4 aromatic rings. The van der Waals surface area contributed by atoms with E-state index in [0.29, 0.717) is 22.6 Å². The van der Waals surface area contributed by atoms with Crippen LogP contribution in [-0.4, -0.2) is 35.4 Å². The lowest BCUT2D eigenvalue weighted by Crippen LogP contribution is -2.46. The number of rotatable bonds is 5. The fourth-order valence-corrected chi connectivity index (χ4v) is 4.18. The fourth-order valence-electron chi connectivity index (χ4n) is 4.18. The SMILES string of the molecule is Cc1ccc(-c2ccc(N3CCNC(c4ccccc4)C3)nc2C(=O)c2cccnc2N)o1.[HH].[HH].[HH]. The van der Waals surface area contributed by atoms with Crippen LogP contribution in [0.5, 0.6) is 0 Å². The van der Waals surface area contributed by atoms with Gasteiger partial charge in [0.2, 0.25) is 5.78 Å². The van der Waals surface area contributed by atoms with Gasteiger partial charge in [0.1, 0.15) is 28.9 Å². The molecule has 0 spiro atoms. The van der Waals surface area contributed by atoms with E-state index in [9.17, 15) is 4.79 Å². The molecule has 5 rings (SSSR count). The van der Waals surface area contributed by atoms with Crippen molar-refractivity contribution >= 4 is 17.4 Å². The van der Waals surface area contributed by atoms with Crippen molar-refractivity contribution < 1.29 is 13.5 Å². The minimum absolute atomic E-state index is 0.